The Bertz CT molecular complexity index is 937. The zero-order valence-electron chi connectivity index (χ0n) is 20.6. The monoisotopic (exact) mass is 522 g/mol. The lowest BCUT2D eigenvalue weighted by Gasteiger charge is -2.24. The Morgan fingerprint density at radius 1 is 0.971 bits per heavy atom. The molecule has 0 saturated heterocycles. The van der Waals surface area contributed by atoms with E-state index in [0.29, 0.717) is 48.3 Å². The number of nitrogens with one attached hydrogen (secondary N) is 1. The minimum Gasteiger partial charge on any atom is -0.479 e. The van der Waals surface area contributed by atoms with Crippen molar-refractivity contribution in [2.45, 2.75) is 64.9 Å². The van der Waals surface area contributed by atoms with Crippen molar-refractivity contribution in [1.29, 1.82) is 0 Å². The van der Waals surface area contributed by atoms with E-state index in [1.165, 1.54) is 12.8 Å². The van der Waals surface area contributed by atoms with Crippen molar-refractivity contribution in [1.82, 2.24) is 4.90 Å². The number of urea groups is 1. The Morgan fingerprint density at radius 3 is 2.31 bits per heavy atom. The summed E-state index contributed by atoms with van der Waals surface area (Å²) in [6.07, 6.45) is 5.69. The number of benzene rings is 2. The number of halogens is 2. The summed E-state index contributed by atoms with van der Waals surface area (Å²) in [5.74, 6) is -0.962. The van der Waals surface area contributed by atoms with Gasteiger partial charge in [0.2, 0.25) is 0 Å². The number of nitrogens with zero attached hydrogens (tertiary/aromatic N) is 1. The summed E-state index contributed by atoms with van der Waals surface area (Å²) >= 11 is 12.3. The predicted octanol–water partition coefficient (Wildman–Crippen LogP) is 7.07. The molecule has 8 heteroatoms. The van der Waals surface area contributed by atoms with E-state index in [9.17, 15) is 14.7 Å². The van der Waals surface area contributed by atoms with Crippen LogP contribution in [0.3, 0.4) is 0 Å². The van der Waals surface area contributed by atoms with Gasteiger partial charge < -0.3 is 20.1 Å². The summed E-state index contributed by atoms with van der Waals surface area (Å²) < 4.78 is 5.30. The van der Waals surface area contributed by atoms with Crippen molar-refractivity contribution in [3.8, 4) is 0 Å². The molecule has 0 aliphatic rings. The van der Waals surface area contributed by atoms with Crippen LogP contribution in [-0.2, 0) is 22.4 Å². The van der Waals surface area contributed by atoms with Gasteiger partial charge in [-0.2, -0.15) is 0 Å². The number of carbonyl (C=O) groups excluding carboxylic acids is 1. The van der Waals surface area contributed by atoms with Gasteiger partial charge in [0.15, 0.2) is 6.10 Å². The van der Waals surface area contributed by atoms with E-state index in [2.05, 4.69) is 12.2 Å². The van der Waals surface area contributed by atoms with Gasteiger partial charge in [0.1, 0.15) is 0 Å². The molecule has 2 rings (SSSR count). The fraction of sp³-hybridized carbons (Fsp3) is 0.481. The van der Waals surface area contributed by atoms with E-state index in [1.807, 2.05) is 29.2 Å². The summed E-state index contributed by atoms with van der Waals surface area (Å²) in [7, 11) is 0. The number of hydrogen-bond acceptors (Lipinski definition) is 3. The van der Waals surface area contributed by atoms with Crippen LogP contribution in [0.5, 0.6) is 0 Å². The lowest BCUT2D eigenvalue weighted by atomic mass is 10.0. The van der Waals surface area contributed by atoms with Crippen molar-refractivity contribution in [2.24, 2.45) is 0 Å². The van der Waals surface area contributed by atoms with Crippen molar-refractivity contribution in [3.63, 3.8) is 0 Å². The van der Waals surface area contributed by atoms with Crippen LogP contribution in [-0.4, -0.2) is 47.8 Å². The number of aliphatic carboxylic acids is 1. The van der Waals surface area contributed by atoms with Crippen LogP contribution in [0.25, 0.3) is 0 Å². The Morgan fingerprint density at radius 2 is 1.66 bits per heavy atom. The van der Waals surface area contributed by atoms with Gasteiger partial charge in [-0.05, 0) is 43.0 Å². The van der Waals surface area contributed by atoms with Gasteiger partial charge >= 0.3 is 12.0 Å². The lowest BCUT2D eigenvalue weighted by Crippen LogP contribution is -2.37. The Labute approximate surface area is 218 Å². The van der Waals surface area contributed by atoms with E-state index in [4.69, 9.17) is 27.9 Å². The first kappa shape index (κ1) is 29.0. The normalized spacial score (nSPS) is 11.8. The molecular formula is C27H36Cl2N2O4. The van der Waals surface area contributed by atoms with Gasteiger partial charge in [0, 0.05) is 26.1 Å². The van der Waals surface area contributed by atoms with Gasteiger partial charge in [-0.3, -0.25) is 0 Å². The molecule has 0 heterocycles. The van der Waals surface area contributed by atoms with Crippen molar-refractivity contribution in [3.05, 3.63) is 63.6 Å². The third-order valence-electron chi connectivity index (χ3n) is 5.77. The van der Waals surface area contributed by atoms with Gasteiger partial charge in [-0.1, -0.05) is 86.1 Å². The molecule has 2 amide bonds. The van der Waals surface area contributed by atoms with Crippen LogP contribution in [0.1, 0.15) is 57.1 Å². The summed E-state index contributed by atoms with van der Waals surface area (Å²) in [4.78, 5) is 26.2. The Balaban J connectivity index is 2.00. The summed E-state index contributed by atoms with van der Waals surface area (Å²) in [5, 5.41) is 12.9. The quantitative estimate of drug-likeness (QED) is 0.245. The van der Waals surface area contributed by atoms with Gasteiger partial charge in [-0.25, -0.2) is 9.59 Å². The van der Waals surface area contributed by atoms with Gasteiger partial charge in [0.25, 0.3) is 0 Å². The fourth-order valence-corrected chi connectivity index (χ4v) is 4.10. The molecule has 0 aliphatic heterocycles. The van der Waals surface area contributed by atoms with Crippen molar-refractivity contribution < 1.29 is 19.4 Å². The highest BCUT2D eigenvalue weighted by atomic mass is 35.5. The van der Waals surface area contributed by atoms with Crippen LogP contribution in [0, 0.1) is 0 Å². The second-order valence-electron chi connectivity index (χ2n) is 8.49. The number of carboxylic acids is 1. The van der Waals surface area contributed by atoms with Crippen LogP contribution in [0.2, 0.25) is 10.0 Å². The molecule has 35 heavy (non-hydrogen) atoms. The Hall–Kier alpha value is -2.28. The van der Waals surface area contributed by atoms with E-state index in [-0.39, 0.29) is 6.03 Å². The maximum Gasteiger partial charge on any atom is 0.333 e. The zero-order chi connectivity index (χ0) is 25.6. The second kappa shape index (κ2) is 15.7. The van der Waals surface area contributed by atoms with Crippen LogP contribution >= 0.6 is 23.2 Å². The number of unbranched alkanes of at least 4 members (excludes halogenated alkanes) is 4. The average molecular weight is 524 g/mol. The topological polar surface area (TPSA) is 78.9 Å². The van der Waals surface area contributed by atoms with Gasteiger partial charge in [-0.15, -0.1) is 0 Å². The molecule has 0 unspecified atom stereocenters. The molecule has 0 aromatic heterocycles. The summed E-state index contributed by atoms with van der Waals surface area (Å²) in [5.41, 5.74) is 2.46. The number of carbonyl (C=O) groups is 2. The molecule has 0 fully saturated rings. The number of carboxylic acid groups (broad SMARTS) is 1. The van der Waals surface area contributed by atoms with Crippen molar-refractivity contribution >= 4 is 40.9 Å². The highest BCUT2D eigenvalue weighted by molar-refractivity contribution is 6.43. The third kappa shape index (κ3) is 10.1. The number of rotatable bonds is 15. The fourth-order valence-electron chi connectivity index (χ4n) is 3.75. The van der Waals surface area contributed by atoms with E-state index in [0.717, 1.165) is 30.4 Å². The molecule has 1 atom stereocenters. The zero-order valence-corrected chi connectivity index (χ0v) is 22.1. The minimum absolute atomic E-state index is 0.206. The molecule has 0 radical (unpaired) electrons. The highest BCUT2D eigenvalue weighted by Crippen LogP contribution is 2.29. The largest absolute Gasteiger partial charge is 0.479 e. The maximum atomic E-state index is 13.1. The number of amides is 2. The molecule has 6 nitrogen and oxygen atoms in total. The maximum absolute atomic E-state index is 13.1. The third-order valence-corrected chi connectivity index (χ3v) is 6.59. The first-order valence-electron chi connectivity index (χ1n) is 12.3. The lowest BCUT2D eigenvalue weighted by molar-refractivity contribution is -0.149. The van der Waals surface area contributed by atoms with Crippen LogP contribution in [0.15, 0.2) is 42.5 Å². The SMILES string of the molecule is CCCCCCCN(CCc1ccc(C[C@@H](OCC)C(=O)O)cc1)C(=O)Nc1cccc(Cl)c1Cl. The van der Waals surface area contributed by atoms with E-state index < -0.39 is 12.1 Å². The highest BCUT2D eigenvalue weighted by Gasteiger charge is 2.18. The first-order valence-corrected chi connectivity index (χ1v) is 13.0. The van der Waals surface area contributed by atoms with E-state index >= 15 is 0 Å². The van der Waals surface area contributed by atoms with Crippen LogP contribution < -0.4 is 5.32 Å². The smallest absolute Gasteiger partial charge is 0.333 e. The predicted molar refractivity (Wildman–Crippen MR) is 143 cm³/mol. The molecule has 2 aromatic rings. The Kier molecular flexibility index (Phi) is 13.0. The molecule has 0 saturated carbocycles. The molecule has 2 N–H and O–H groups in total. The average Bonchev–Trinajstić information content (AvgIpc) is 2.84. The molecule has 0 aliphatic carbocycles. The standard InChI is InChI=1S/C27H36Cl2N2O4/c1-3-5-6-7-8-17-31(27(34)30-23-11-9-10-22(28)25(23)29)18-16-20-12-14-21(15-13-20)19-24(26(32)33)35-4-2/h9-15,24H,3-8,16-19H2,1-2H3,(H,30,34)(H,32,33)/t24-/m1/s1. The number of ether oxygens (including phenoxy) is 1. The minimum atomic E-state index is -0.962. The van der Waals surface area contributed by atoms with Crippen molar-refractivity contribution in [2.75, 3.05) is 25.0 Å². The first-order chi connectivity index (χ1) is 16.8. The van der Waals surface area contributed by atoms with E-state index in [1.54, 1.807) is 25.1 Å². The van der Waals surface area contributed by atoms with Crippen LogP contribution in [0.4, 0.5) is 10.5 Å². The number of anilines is 1. The van der Waals surface area contributed by atoms with Gasteiger partial charge in [0.05, 0.1) is 15.7 Å². The molecule has 0 spiro atoms. The molecular weight excluding hydrogens is 487 g/mol. The number of hydrogen-bond donors (Lipinski definition) is 2. The molecule has 2 aromatic carbocycles. The molecule has 0 bridgehead atoms. The second-order valence-corrected chi connectivity index (χ2v) is 9.27. The summed E-state index contributed by atoms with van der Waals surface area (Å²) in [6.45, 7) is 5.52. The molecule has 192 valence electrons. The summed E-state index contributed by atoms with van der Waals surface area (Å²) in [6, 6.07) is 12.8.